The van der Waals surface area contributed by atoms with Gasteiger partial charge in [0.2, 0.25) is 0 Å². The van der Waals surface area contributed by atoms with E-state index in [9.17, 15) is 13.9 Å². The van der Waals surface area contributed by atoms with Crippen LogP contribution in [0.4, 0.5) is 8.78 Å². The molecule has 0 aliphatic heterocycles. The van der Waals surface area contributed by atoms with Crippen molar-refractivity contribution in [1.29, 1.82) is 0 Å². The number of hydrogen-bond acceptors (Lipinski definition) is 1. The summed E-state index contributed by atoms with van der Waals surface area (Å²) in [7, 11) is 0. The van der Waals surface area contributed by atoms with Crippen LogP contribution in [0.1, 0.15) is 0 Å². The van der Waals surface area contributed by atoms with E-state index in [1.54, 1.807) is 6.07 Å². The Kier molecular flexibility index (Phi) is 2.37. The summed E-state index contributed by atoms with van der Waals surface area (Å²) in [6.07, 6.45) is 0. The Labute approximate surface area is 85.6 Å². The molecule has 0 amide bonds. The second kappa shape index (κ2) is 3.69. The van der Waals surface area contributed by atoms with Crippen molar-refractivity contribution in [3.05, 3.63) is 54.1 Å². The topological polar surface area (TPSA) is 20.2 Å². The molecule has 0 radical (unpaired) electrons. The van der Waals surface area contributed by atoms with Crippen LogP contribution >= 0.6 is 0 Å². The van der Waals surface area contributed by atoms with Gasteiger partial charge >= 0.3 is 0 Å². The molecule has 0 saturated heterocycles. The molecule has 15 heavy (non-hydrogen) atoms. The molecule has 2 rings (SSSR count). The molecule has 0 aliphatic rings. The van der Waals surface area contributed by atoms with Crippen LogP contribution in [0, 0.1) is 11.6 Å². The van der Waals surface area contributed by atoms with Gasteiger partial charge in [-0.1, -0.05) is 12.1 Å². The third-order valence-corrected chi connectivity index (χ3v) is 2.10. The lowest BCUT2D eigenvalue weighted by Gasteiger charge is -2.04. The smallest absolute Gasteiger partial charge is 0.126 e. The lowest BCUT2D eigenvalue weighted by molar-refractivity contribution is 0.471. The van der Waals surface area contributed by atoms with Gasteiger partial charge in [0.15, 0.2) is 0 Å². The molecule has 0 unspecified atom stereocenters. The molecule has 1 nitrogen and oxygen atoms in total. The first-order chi connectivity index (χ1) is 7.16. The highest BCUT2D eigenvalue weighted by Gasteiger charge is 2.05. The molecular weight excluding hydrogens is 198 g/mol. The van der Waals surface area contributed by atoms with Gasteiger partial charge in [0.25, 0.3) is 0 Å². The highest BCUT2D eigenvalue weighted by molar-refractivity contribution is 5.69. The quantitative estimate of drug-likeness (QED) is 0.758. The first-order valence-electron chi connectivity index (χ1n) is 4.41. The van der Waals surface area contributed by atoms with Crippen molar-refractivity contribution in [2.45, 2.75) is 0 Å². The zero-order chi connectivity index (χ0) is 10.8. The van der Waals surface area contributed by atoms with Crippen molar-refractivity contribution in [2.24, 2.45) is 0 Å². The Bertz CT molecular complexity index is 495. The maximum absolute atomic E-state index is 12.9. The predicted molar refractivity (Wildman–Crippen MR) is 53.5 cm³/mol. The number of halogens is 2. The molecule has 76 valence electrons. The average molecular weight is 206 g/mol. The largest absolute Gasteiger partial charge is 0.507 e. The maximum Gasteiger partial charge on any atom is 0.126 e. The summed E-state index contributed by atoms with van der Waals surface area (Å²) in [4.78, 5) is 0. The van der Waals surface area contributed by atoms with Crippen LogP contribution < -0.4 is 0 Å². The summed E-state index contributed by atoms with van der Waals surface area (Å²) in [5, 5.41) is 9.47. The number of hydrogen-bond donors (Lipinski definition) is 1. The molecule has 1 N–H and O–H groups in total. The minimum absolute atomic E-state index is 0.194. The summed E-state index contributed by atoms with van der Waals surface area (Å²) in [6, 6.07) is 9.42. The van der Waals surface area contributed by atoms with E-state index >= 15 is 0 Å². The summed E-state index contributed by atoms with van der Waals surface area (Å²) < 4.78 is 25.6. The van der Waals surface area contributed by atoms with E-state index in [0.29, 0.717) is 11.1 Å². The highest BCUT2D eigenvalue weighted by Crippen LogP contribution is 2.29. The zero-order valence-corrected chi connectivity index (χ0v) is 7.74. The number of aromatic hydroxyl groups is 1. The van der Waals surface area contributed by atoms with Crippen molar-refractivity contribution < 1.29 is 13.9 Å². The Morgan fingerprint density at radius 2 is 1.60 bits per heavy atom. The number of benzene rings is 2. The molecule has 0 heterocycles. The lowest BCUT2D eigenvalue weighted by atomic mass is 10.0. The van der Waals surface area contributed by atoms with Gasteiger partial charge in [0.05, 0.1) is 0 Å². The summed E-state index contributed by atoms with van der Waals surface area (Å²) in [5.74, 6) is -1.11. The van der Waals surface area contributed by atoms with E-state index in [1.807, 2.05) is 0 Å². The van der Waals surface area contributed by atoms with E-state index in [0.717, 1.165) is 6.07 Å². The molecule has 0 atom stereocenters. The second-order valence-electron chi connectivity index (χ2n) is 3.17. The van der Waals surface area contributed by atoms with Crippen LogP contribution in [0.25, 0.3) is 11.1 Å². The fourth-order valence-corrected chi connectivity index (χ4v) is 1.40. The van der Waals surface area contributed by atoms with Crippen molar-refractivity contribution in [3.8, 4) is 16.9 Å². The Balaban J connectivity index is 2.54. The molecule has 0 fully saturated rings. The third-order valence-electron chi connectivity index (χ3n) is 2.10. The minimum Gasteiger partial charge on any atom is -0.507 e. The van der Waals surface area contributed by atoms with Crippen LogP contribution in [0.5, 0.6) is 5.75 Å². The van der Waals surface area contributed by atoms with Crippen LogP contribution in [0.15, 0.2) is 42.5 Å². The first kappa shape index (κ1) is 9.65. The Morgan fingerprint density at radius 1 is 0.867 bits per heavy atom. The SMILES string of the molecule is Oc1cc(F)ccc1-c1cccc(F)c1. The molecular formula is C12H8F2O. The molecule has 0 aliphatic carbocycles. The van der Waals surface area contributed by atoms with Gasteiger partial charge in [-0.15, -0.1) is 0 Å². The predicted octanol–water partition coefficient (Wildman–Crippen LogP) is 3.34. The molecule has 0 bridgehead atoms. The van der Waals surface area contributed by atoms with Crippen LogP contribution in [-0.2, 0) is 0 Å². The van der Waals surface area contributed by atoms with Crippen molar-refractivity contribution in [2.75, 3.05) is 0 Å². The maximum atomic E-state index is 12.9. The Hall–Kier alpha value is -1.90. The lowest BCUT2D eigenvalue weighted by Crippen LogP contribution is -1.82. The highest BCUT2D eigenvalue weighted by atomic mass is 19.1. The van der Waals surface area contributed by atoms with Crippen molar-refractivity contribution in [3.63, 3.8) is 0 Å². The van der Waals surface area contributed by atoms with Crippen molar-refractivity contribution in [1.82, 2.24) is 0 Å². The summed E-state index contributed by atoms with van der Waals surface area (Å²) in [5.41, 5.74) is 0.934. The molecule has 0 saturated carbocycles. The molecule has 2 aromatic rings. The molecule has 0 aromatic heterocycles. The van der Waals surface area contributed by atoms with Crippen LogP contribution in [-0.4, -0.2) is 5.11 Å². The third kappa shape index (κ3) is 1.96. The zero-order valence-electron chi connectivity index (χ0n) is 7.74. The normalized spacial score (nSPS) is 10.3. The second-order valence-corrected chi connectivity index (χ2v) is 3.17. The van der Waals surface area contributed by atoms with E-state index in [1.165, 1.54) is 30.3 Å². The van der Waals surface area contributed by atoms with Gasteiger partial charge in [-0.05, 0) is 29.8 Å². The number of phenolic OH excluding ortho intramolecular Hbond substituents is 1. The van der Waals surface area contributed by atoms with Gasteiger partial charge in [-0.25, -0.2) is 8.78 Å². The fraction of sp³-hybridized carbons (Fsp3) is 0. The monoisotopic (exact) mass is 206 g/mol. The molecule has 0 spiro atoms. The minimum atomic E-state index is -0.521. The summed E-state index contributed by atoms with van der Waals surface area (Å²) >= 11 is 0. The van der Waals surface area contributed by atoms with Gasteiger partial charge in [-0.2, -0.15) is 0 Å². The van der Waals surface area contributed by atoms with E-state index < -0.39 is 11.6 Å². The average Bonchev–Trinajstić information content (AvgIpc) is 2.17. The Morgan fingerprint density at radius 3 is 2.27 bits per heavy atom. The first-order valence-corrected chi connectivity index (χ1v) is 4.41. The standard InChI is InChI=1S/C12H8F2O/c13-9-3-1-2-8(6-9)11-5-4-10(14)7-12(11)15/h1-7,15H. The molecule has 2 aromatic carbocycles. The van der Waals surface area contributed by atoms with Gasteiger partial charge < -0.3 is 5.11 Å². The van der Waals surface area contributed by atoms with Gasteiger partial charge in [-0.3, -0.25) is 0 Å². The van der Waals surface area contributed by atoms with Crippen molar-refractivity contribution >= 4 is 0 Å². The fourth-order valence-electron chi connectivity index (χ4n) is 1.40. The van der Waals surface area contributed by atoms with Crippen LogP contribution in [0.2, 0.25) is 0 Å². The van der Waals surface area contributed by atoms with E-state index in [4.69, 9.17) is 0 Å². The number of rotatable bonds is 1. The molecule has 3 heteroatoms. The van der Waals surface area contributed by atoms with E-state index in [-0.39, 0.29) is 5.75 Å². The van der Waals surface area contributed by atoms with Gasteiger partial charge in [0.1, 0.15) is 17.4 Å². The number of phenols is 1. The van der Waals surface area contributed by atoms with Crippen LogP contribution in [0.3, 0.4) is 0 Å². The van der Waals surface area contributed by atoms with E-state index in [2.05, 4.69) is 0 Å². The van der Waals surface area contributed by atoms with Gasteiger partial charge in [0, 0.05) is 11.6 Å². The summed E-state index contributed by atoms with van der Waals surface area (Å²) in [6.45, 7) is 0.